The molecule has 0 bridgehead atoms. The molecule has 2 aromatic carbocycles. The Hall–Kier alpha value is -1.26. The maximum Gasteiger partial charge on any atom is 0.175 e. The van der Waals surface area contributed by atoms with Crippen molar-refractivity contribution in [3.8, 4) is 0 Å². The van der Waals surface area contributed by atoms with E-state index in [1.165, 1.54) is 5.56 Å². The van der Waals surface area contributed by atoms with Crippen molar-refractivity contribution in [2.24, 2.45) is 0 Å². The van der Waals surface area contributed by atoms with E-state index in [0.29, 0.717) is 16.4 Å². The Bertz CT molecular complexity index is 663. The quantitative estimate of drug-likeness (QED) is 0.728. The highest BCUT2D eigenvalue weighted by Crippen LogP contribution is 2.21. The predicted octanol–water partition coefficient (Wildman–Crippen LogP) is 4.56. The van der Waals surface area contributed by atoms with Gasteiger partial charge in [0.05, 0.1) is 21.4 Å². The van der Waals surface area contributed by atoms with Gasteiger partial charge in [-0.1, -0.05) is 50.2 Å². The topological polar surface area (TPSA) is 34.1 Å². The fourth-order valence-electron chi connectivity index (χ4n) is 1.96. The van der Waals surface area contributed by atoms with Crippen molar-refractivity contribution < 1.29 is 9.00 Å². The summed E-state index contributed by atoms with van der Waals surface area (Å²) in [7, 11) is -1.34. The van der Waals surface area contributed by atoms with Crippen LogP contribution in [0.25, 0.3) is 0 Å². The van der Waals surface area contributed by atoms with Crippen LogP contribution in [0.4, 0.5) is 0 Å². The van der Waals surface area contributed by atoms with Gasteiger partial charge in [-0.25, -0.2) is 0 Å². The van der Waals surface area contributed by atoms with Gasteiger partial charge in [0.25, 0.3) is 0 Å². The van der Waals surface area contributed by atoms with Gasteiger partial charge in [0.2, 0.25) is 0 Å². The lowest BCUT2D eigenvalue weighted by Crippen LogP contribution is -2.11. The Morgan fingerprint density at radius 3 is 2.29 bits per heavy atom. The number of ketones is 1. The first-order chi connectivity index (χ1) is 9.99. The molecule has 0 amide bonds. The number of carbonyl (C=O) groups excluding carboxylic acids is 1. The van der Waals surface area contributed by atoms with Gasteiger partial charge in [-0.15, -0.1) is 0 Å². The Balaban J connectivity index is 2.11. The van der Waals surface area contributed by atoms with E-state index in [0.717, 1.165) is 4.47 Å². The Morgan fingerprint density at radius 2 is 1.71 bits per heavy atom. The van der Waals surface area contributed by atoms with E-state index in [1.807, 2.05) is 42.5 Å². The van der Waals surface area contributed by atoms with Gasteiger partial charge in [0, 0.05) is 10.0 Å². The van der Waals surface area contributed by atoms with Gasteiger partial charge in [0.15, 0.2) is 5.78 Å². The minimum absolute atomic E-state index is 0.00361. The third-order valence-electron chi connectivity index (χ3n) is 3.24. The van der Waals surface area contributed by atoms with Crippen LogP contribution in [0.5, 0.6) is 0 Å². The zero-order valence-corrected chi connectivity index (χ0v) is 14.4. The summed E-state index contributed by atoms with van der Waals surface area (Å²) >= 11 is 3.36. The summed E-state index contributed by atoms with van der Waals surface area (Å²) in [5.74, 6) is 0.340. The van der Waals surface area contributed by atoms with Crippen LogP contribution in [0, 0.1) is 0 Å². The van der Waals surface area contributed by atoms with Crippen LogP contribution < -0.4 is 0 Å². The van der Waals surface area contributed by atoms with Gasteiger partial charge in [-0.05, 0) is 39.5 Å². The Morgan fingerprint density at radius 1 is 1.10 bits per heavy atom. The molecule has 0 saturated carbocycles. The van der Waals surface area contributed by atoms with E-state index < -0.39 is 10.8 Å². The van der Waals surface area contributed by atoms with E-state index in [-0.39, 0.29) is 11.5 Å². The molecule has 0 N–H and O–H groups in total. The number of rotatable bonds is 5. The molecular weight excluding hydrogens is 348 g/mol. The standard InChI is InChI=1S/C17H17BrO2S/c1-12(2)13-7-9-14(10-8-13)16(19)11-21(20)17-6-4-3-5-15(17)18/h3-10,12H,11H2,1-2H3. The van der Waals surface area contributed by atoms with Crippen LogP contribution in [0.2, 0.25) is 0 Å². The molecule has 2 aromatic rings. The molecular formula is C17H17BrO2S. The van der Waals surface area contributed by atoms with Crippen LogP contribution in [0.1, 0.15) is 35.7 Å². The number of hydrogen-bond acceptors (Lipinski definition) is 2. The smallest absolute Gasteiger partial charge is 0.175 e. The summed E-state index contributed by atoms with van der Waals surface area (Å²) in [6.45, 7) is 4.22. The largest absolute Gasteiger partial charge is 0.293 e. The molecule has 0 aromatic heterocycles. The first-order valence-corrected chi connectivity index (χ1v) is 8.86. The maximum atomic E-state index is 12.3. The van der Waals surface area contributed by atoms with Crippen molar-refractivity contribution in [3.63, 3.8) is 0 Å². The highest BCUT2D eigenvalue weighted by atomic mass is 79.9. The third kappa shape index (κ3) is 4.11. The average molecular weight is 365 g/mol. The number of carbonyl (C=O) groups is 1. The fourth-order valence-corrected chi connectivity index (χ4v) is 3.87. The predicted molar refractivity (Wildman–Crippen MR) is 90.3 cm³/mol. The van der Waals surface area contributed by atoms with Crippen molar-refractivity contribution in [2.75, 3.05) is 5.75 Å². The summed E-state index contributed by atoms with van der Waals surface area (Å²) in [5.41, 5.74) is 1.80. The molecule has 0 fully saturated rings. The molecule has 110 valence electrons. The SMILES string of the molecule is CC(C)c1ccc(C(=O)CS(=O)c2ccccc2Br)cc1. The first-order valence-electron chi connectivity index (χ1n) is 6.75. The van der Waals surface area contributed by atoms with Gasteiger partial charge < -0.3 is 0 Å². The molecule has 0 saturated heterocycles. The van der Waals surface area contributed by atoms with Crippen LogP contribution in [-0.4, -0.2) is 15.7 Å². The molecule has 0 spiro atoms. The summed E-state index contributed by atoms with van der Waals surface area (Å²) in [5, 5.41) is 0. The monoisotopic (exact) mass is 364 g/mol. The molecule has 1 atom stereocenters. The lowest BCUT2D eigenvalue weighted by molar-refractivity contribution is 0.102. The zero-order valence-electron chi connectivity index (χ0n) is 12.0. The van der Waals surface area contributed by atoms with Crippen LogP contribution in [0.3, 0.4) is 0 Å². The first kappa shape index (κ1) is 16.1. The lowest BCUT2D eigenvalue weighted by Gasteiger charge is -2.07. The Kier molecular flexibility index (Phi) is 5.48. The second-order valence-corrected chi connectivity index (χ2v) is 7.39. The summed E-state index contributed by atoms with van der Waals surface area (Å²) < 4.78 is 13.1. The van der Waals surface area contributed by atoms with E-state index in [2.05, 4.69) is 29.8 Å². The van der Waals surface area contributed by atoms with Gasteiger partial charge in [0.1, 0.15) is 0 Å². The molecule has 0 aliphatic heterocycles. The van der Waals surface area contributed by atoms with Gasteiger partial charge in [-0.2, -0.15) is 0 Å². The molecule has 1 unspecified atom stereocenters. The van der Waals surface area contributed by atoms with E-state index in [4.69, 9.17) is 0 Å². The highest BCUT2D eigenvalue weighted by Gasteiger charge is 2.14. The molecule has 2 nitrogen and oxygen atoms in total. The van der Waals surface area contributed by atoms with Crippen LogP contribution in [-0.2, 0) is 10.8 Å². The normalized spacial score (nSPS) is 12.4. The third-order valence-corrected chi connectivity index (χ3v) is 5.57. The zero-order chi connectivity index (χ0) is 15.4. The number of hydrogen-bond donors (Lipinski definition) is 0. The van der Waals surface area contributed by atoms with E-state index in [1.54, 1.807) is 6.07 Å². The van der Waals surface area contributed by atoms with Gasteiger partial charge in [-0.3, -0.25) is 9.00 Å². The summed E-state index contributed by atoms with van der Waals surface area (Å²) in [4.78, 5) is 12.9. The lowest BCUT2D eigenvalue weighted by atomic mass is 10.0. The van der Waals surface area contributed by atoms with Crippen molar-refractivity contribution in [1.29, 1.82) is 0 Å². The Labute approximate surface area is 136 Å². The van der Waals surface area contributed by atoms with E-state index >= 15 is 0 Å². The average Bonchev–Trinajstić information content (AvgIpc) is 2.47. The van der Waals surface area contributed by atoms with E-state index in [9.17, 15) is 9.00 Å². The molecule has 0 heterocycles. The minimum atomic E-state index is -1.34. The van der Waals surface area contributed by atoms with Crippen molar-refractivity contribution in [2.45, 2.75) is 24.7 Å². The molecule has 0 aliphatic carbocycles. The van der Waals surface area contributed by atoms with Crippen molar-refractivity contribution in [3.05, 3.63) is 64.1 Å². The second-order valence-electron chi connectivity index (χ2n) is 5.12. The molecule has 0 aliphatic rings. The maximum absolute atomic E-state index is 12.3. The molecule has 4 heteroatoms. The molecule has 0 radical (unpaired) electrons. The van der Waals surface area contributed by atoms with Gasteiger partial charge >= 0.3 is 0 Å². The van der Waals surface area contributed by atoms with Crippen molar-refractivity contribution >= 4 is 32.5 Å². The molecule has 2 rings (SSSR count). The molecule has 21 heavy (non-hydrogen) atoms. The van der Waals surface area contributed by atoms with Crippen LogP contribution >= 0.6 is 15.9 Å². The highest BCUT2D eigenvalue weighted by molar-refractivity contribution is 9.10. The van der Waals surface area contributed by atoms with Crippen LogP contribution in [0.15, 0.2) is 57.9 Å². The summed E-state index contributed by atoms with van der Waals surface area (Å²) in [6, 6.07) is 14.8. The fraction of sp³-hybridized carbons (Fsp3) is 0.235. The number of benzene rings is 2. The number of Topliss-reactive ketones (excluding diaryl/α,β-unsaturated/α-hetero) is 1. The number of halogens is 1. The minimum Gasteiger partial charge on any atom is -0.293 e. The second kappa shape index (κ2) is 7.14. The summed E-state index contributed by atoms with van der Waals surface area (Å²) in [6.07, 6.45) is 0. The van der Waals surface area contributed by atoms with Crippen molar-refractivity contribution in [1.82, 2.24) is 0 Å².